The molecule has 4 rings (SSSR count). The fraction of sp³-hybridized carbons (Fsp3) is 0.368. The average molecular weight is 348 g/mol. The molecule has 132 valence electrons. The van der Waals surface area contributed by atoms with E-state index in [1.54, 1.807) is 12.1 Å². The van der Waals surface area contributed by atoms with Gasteiger partial charge < -0.3 is 15.4 Å². The SMILES string of the molecule is FC(F)(F)Oc1ccc(-c2cccc3c2[C@@H]2CCNCC[C@@H]2N3)cc1. The molecule has 2 aromatic rings. The lowest BCUT2D eigenvalue weighted by atomic mass is 9.86. The molecule has 3 nitrogen and oxygen atoms in total. The van der Waals surface area contributed by atoms with Crippen molar-refractivity contribution in [2.24, 2.45) is 0 Å². The maximum absolute atomic E-state index is 12.3. The van der Waals surface area contributed by atoms with E-state index < -0.39 is 6.36 Å². The van der Waals surface area contributed by atoms with E-state index in [1.807, 2.05) is 12.1 Å². The van der Waals surface area contributed by atoms with Crippen LogP contribution in [0.1, 0.15) is 24.3 Å². The zero-order chi connectivity index (χ0) is 17.4. The second-order valence-corrected chi connectivity index (χ2v) is 6.52. The molecule has 25 heavy (non-hydrogen) atoms. The zero-order valence-corrected chi connectivity index (χ0v) is 13.6. The summed E-state index contributed by atoms with van der Waals surface area (Å²) in [5, 5.41) is 7.05. The molecule has 2 N–H and O–H groups in total. The number of ether oxygens (including phenoxy) is 1. The Morgan fingerprint density at radius 3 is 2.48 bits per heavy atom. The van der Waals surface area contributed by atoms with Crippen LogP contribution in [0.5, 0.6) is 5.75 Å². The van der Waals surface area contributed by atoms with Crippen LogP contribution in [0.2, 0.25) is 0 Å². The number of nitrogens with one attached hydrogen (secondary N) is 2. The van der Waals surface area contributed by atoms with Gasteiger partial charge in [-0.1, -0.05) is 24.3 Å². The van der Waals surface area contributed by atoms with Crippen LogP contribution in [-0.4, -0.2) is 25.5 Å². The van der Waals surface area contributed by atoms with Gasteiger partial charge in [0.2, 0.25) is 0 Å². The molecule has 0 unspecified atom stereocenters. The number of anilines is 1. The van der Waals surface area contributed by atoms with Gasteiger partial charge in [0.15, 0.2) is 0 Å². The molecule has 2 heterocycles. The van der Waals surface area contributed by atoms with Crippen molar-refractivity contribution in [2.75, 3.05) is 18.4 Å². The Kier molecular flexibility index (Phi) is 4.07. The lowest BCUT2D eigenvalue weighted by Gasteiger charge is -2.18. The van der Waals surface area contributed by atoms with Gasteiger partial charge in [-0.3, -0.25) is 0 Å². The molecular formula is C19H19F3N2O. The first-order valence-electron chi connectivity index (χ1n) is 8.47. The normalized spacial score (nSPS) is 22.5. The molecule has 2 aliphatic rings. The van der Waals surface area contributed by atoms with Gasteiger partial charge in [0.1, 0.15) is 5.75 Å². The molecule has 0 radical (unpaired) electrons. The van der Waals surface area contributed by atoms with E-state index in [-0.39, 0.29) is 5.75 Å². The van der Waals surface area contributed by atoms with Gasteiger partial charge in [0.25, 0.3) is 0 Å². The standard InChI is InChI=1S/C19H19F3N2O/c20-19(21,22)25-13-6-4-12(5-7-13)14-2-1-3-17-18(14)15-8-10-23-11-9-16(15)24-17/h1-7,15-16,23-24H,8-11H2/t15-,16+/m1/s1. The van der Waals surface area contributed by atoms with Crippen LogP contribution < -0.4 is 15.4 Å². The van der Waals surface area contributed by atoms with Gasteiger partial charge in [-0.15, -0.1) is 13.2 Å². The molecule has 2 atom stereocenters. The summed E-state index contributed by atoms with van der Waals surface area (Å²) < 4.78 is 41.0. The molecule has 2 aromatic carbocycles. The fourth-order valence-electron chi connectivity index (χ4n) is 3.94. The Hall–Kier alpha value is -2.21. The number of halogens is 3. The molecular weight excluding hydrogens is 329 g/mol. The highest BCUT2D eigenvalue weighted by atomic mass is 19.4. The summed E-state index contributed by atoms with van der Waals surface area (Å²) in [7, 11) is 0. The van der Waals surface area contributed by atoms with E-state index in [0.29, 0.717) is 12.0 Å². The van der Waals surface area contributed by atoms with Crippen molar-refractivity contribution >= 4 is 5.69 Å². The van der Waals surface area contributed by atoms with Gasteiger partial charge in [-0.05, 0) is 60.8 Å². The average Bonchev–Trinajstić information content (AvgIpc) is 2.76. The molecule has 0 saturated carbocycles. The smallest absolute Gasteiger partial charge is 0.406 e. The first-order chi connectivity index (χ1) is 12.0. The number of hydrogen-bond donors (Lipinski definition) is 2. The van der Waals surface area contributed by atoms with E-state index in [0.717, 1.165) is 42.7 Å². The van der Waals surface area contributed by atoms with E-state index in [2.05, 4.69) is 21.4 Å². The zero-order valence-electron chi connectivity index (χ0n) is 13.6. The molecule has 0 aromatic heterocycles. The first kappa shape index (κ1) is 16.3. The van der Waals surface area contributed by atoms with Crippen molar-refractivity contribution in [3.8, 4) is 16.9 Å². The summed E-state index contributed by atoms with van der Waals surface area (Å²) in [4.78, 5) is 0. The Bertz CT molecular complexity index is 758. The van der Waals surface area contributed by atoms with Gasteiger partial charge in [0, 0.05) is 17.6 Å². The van der Waals surface area contributed by atoms with Crippen LogP contribution >= 0.6 is 0 Å². The summed E-state index contributed by atoms with van der Waals surface area (Å²) in [6.07, 6.45) is -2.55. The third kappa shape index (κ3) is 3.31. The minimum atomic E-state index is -4.67. The van der Waals surface area contributed by atoms with Gasteiger partial charge in [-0.2, -0.15) is 0 Å². The Labute approximate surface area is 144 Å². The summed E-state index contributed by atoms with van der Waals surface area (Å²) in [6.45, 7) is 1.98. The van der Waals surface area contributed by atoms with Crippen molar-refractivity contribution in [3.05, 3.63) is 48.0 Å². The molecule has 2 aliphatic heterocycles. The number of rotatable bonds is 2. The van der Waals surface area contributed by atoms with Crippen LogP contribution in [-0.2, 0) is 0 Å². The topological polar surface area (TPSA) is 33.3 Å². The predicted molar refractivity (Wildman–Crippen MR) is 90.8 cm³/mol. The van der Waals surface area contributed by atoms with Crippen LogP contribution in [0.15, 0.2) is 42.5 Å². The second kappa shape index (κ2) is 6.26. The maximum atomic E-state index is 12.3. The van der Waals surface area contributed by atoms with E-state index >= 15 is 0 Å². The maximum Gasteiger partial charge on any atom is 0.573 e. The predicted octanol–water partition coefficient (Wildman–Crippen LogP) is 4.51. The highest BCUT2D eigenvalue weighted by Crippen LogP contribution is 2.45. The third-order valence-corrected chi connectivity index (χ3v) is 4.97. The summed E-state index contributed by atoms with van der Waals surface area (Å²) in [5.74, 6) is 0.228. The first-order valence-corrected chi connectivity index (χ1v) is 8.47. The monoisotopic (exact) mass is 348 g/mol. The summed E-state index contributed by atoms with van der Waals surface area (Å²) >= 11 is 0. The van der Waals surface area contributed by atoms with E-state index in [9.17, 15) is 13.2 Å². The molecule has 1 saturated heterocycles. The number of fused-ring (bicyclic) bond motifs is 3. The Morgan fingerprint density at radius 1 is 0.960 bits per heavy atom. The van der Waals surface area contributed by atoms with Crippen molar-refractivity contribution in [1.29, 1.82) is 0 Å². The van der Waals surface area contributed by atoms with E-state index in [4.69, 9.17) is 0 Å². The second-order valence-electron chi connectivity index (χ2n) is 6.52. The van der Waals surface area contributed by atoms with Crippen molar-refractivity contribution < 1.29 is 17.9 Å². The molecule has 6 heteroatoms. The van der Waals surface area contributed by atoms with Gasteiger partial charge >= 0.3 is 6.36 Å². The quantitative estimate of drug-likeness (QED) is 0.838. The number of hydrogen-bond acceptors (Lipinski definition) is 3. The largest absolute Gasteiger partial charge is 0.573 e. The van der Waals surface area contributed by atoms with Crippen LogP contribution in [0, 0.1) is 0 Å². The molecule has 0 amide bonds. The van der Waals surface area contributed by atoms with E-state index in [1.165, 1.54) is 17.7 Å². The molecule has 1 fully saturated rings. The van der Waals surface area contributed by atoms with Crippen molar-refractivity contribution in [1.82, 2.24) is 5.32 Å². The van der Waals surface area contributed by atoms with Crippen LogP contribution in [0.4, 0.5) is 18.9 Å². The highest BCUT2D eigenvalue weighted by molar-refractivity contribution is 5.78. The third-order valence-electron chi connectivity index (χ3n) is 4.97. The molecule has 0 bridgehead atoms. The molecule has 0 spiro atoms. The summed E-state index contributed by atoms with van der Waals surface area (Å²) in [6, 6.07) is 12.7. The minimum absolute atomic E-state index is 0.196. The lowest BCUT2D eigenvalue weighted by Crippen LogP contribution is -2.21. The fourth-order valence-corrected chi connectivity index (χ4v) is 3.94. The van der Waals surface area contributed by atoms with Gasteiger partial charge in [0.05, 0.1) is 0 Å². The Balaban J connectivity index is 1.67. The Morgan fingerprint density at radius 2 is 1.72 bits per heavy atom. The highest BCUT2D eigenvalue weighted by Gasteiger charge is 2.35. The van der Waals surface area contributed by atoms with Crippen LogP contribution in [0.25, 0.3) is 11.1 Å². The number of benzene rings is 2. The number of alkyl halides is 3. The van der Waals surface area contributed by atoms with Gasteiger partial charge in [-0.25, -0.2) is 0 Å². The van der Waals surface area contributed by atoms with Crippen molar-refractivity contribution in [2.45, 2.75) is 31.2 Å². The lowest BCUT2D eigenvalue weighted by molar-refractivity contribution is -0.274. The van der Waals surface area contributed by atoms with Crippen LogP contribution in [0.3, 0.4) is 0 Å². The van der Waals surface area contributed by atoms with Crippen molar-refractivity contribution in [3.63, 3.8) is 0 Å². The minimum Gasteiger partial charge on any atom is -0.406 e. The summed E-state index contributed by atoms with van der Waals surface area (Å²) in [5.41, 5.74) is 4.41. The molecule has 0 aliphatic carbocycles.